The highest BCUT2D eigenvalue weighted by molar-refractivity contribution is 5.50. The predicted molar refractivity (Wildman–Crippen MR) is 115 cm³/mol. The third kappa shape index (κ3) is 2.71. The summed E-state index contributed by atoms with van der Waals surface area (Å²) in [6.45, 7) is 2.17. The molecule has 0 aromatic heterocycles. The summed E-state index contributed by atoms with van der Waals surface area (Å²) in [5, 5.41) is 0. The predicted octanol–water partition coefficient (Wildman–Crippen LogP) is 4.65. The number of rotatable bonds is 4. The third-order valence-corrected chi connectivity index (χ3v) is 6.96. The van der Waals surface area contributed by atoms with Gasteiger partial charge in [-0.25, -0.2) is 0 Å². The summed E-state index contributed by atoms with van der Waals surface area (Å²) < 4.78 is 0. The average molecular weight is 369 g/mol. The van der Waals surface area contributed by atoms with Crippen LogP contribution in [0, 0.1) is 11.8 Å². The van der Waals surface area contributed by atoms with Gasteiger partial charge in [0.15, 0.2) is 0 Å². The molecule has 3 aromatic carbocycles. The molecule has 2 nitrogen and oxygen atoms in total. The SMILES string of the molecule is NC1CCC2CN(C(c3ccccc3)(c3ccccc3)c3ccccc3)CC12. The summed E-state index contributed by atoms with van der Waals surface area (Å²) in [6.07, 6.45) is 2.44. The van der Waals surface area contributed by atoms with Crippen LogP contribution in [0.2, 0.25) is 0 Å². The molecule has 2 N–H and O–H groups in total. The van der Waals surface area contributed by atoms with E-state index in [1.165, 1.54) is 29.5 Å². The van der Waals surface area contributed by atoms with Crippen LogP contribution in [0.4, 0.5) is 0 Å². The van der Waals surface area contributed by atoms with E-state index in [4.69, 9.17) is 5.73 Å². The third-order valence-electron chi connectivity index (χ3n) is 6.96. The van der Waals surface area contributed by atoms with Gasteiger partial charge in [-0.1, -0.05) is 91.0 Å². The normalized spacial score (nSPS) is 25.0. The van der Waals surface area contributed by atoms with Crippen LogP contribution in [-0.2, 0) is 5.54 Å². The Morgan fingerprint density at radius 2 is 1.11 bits per heavy atom. The van der Waals surface area contributed by atoms with Crippen molar-refractivity contribution in [3.05, 3.63) is 108 Å². The zero-order valence-corrected chi connectivity index (χ0v) is 16.2. The molecular formula is C26H28N2. The van der Waals surface area contributed by atoms with Gasteiger partial charge in [-0.15, -0.1) is 0 Å². The second-order valence-electron chi connectivity index (χ2n) is 8.38. The smallest absolute Gasteiger partial charge is 0.0973 e. The number of likely N-dealkylation sites (tertiary alicyclic amines) is 1. The van der Waals surface area contributed by atoms with Gasteiger partial charge in [-0.3, -0.25) is 4.90 Å². The van der Waals surface area contributed by atoms with Gasteiger partial charge in [0, 0.05) is 19.1 Å². The summed E-state index contributed by atoms with van der Waals surface area (Å²) in [6, 6.07) is 33.4. The molecule has 0 bridgehead atoms. The Balaban J connectivity index is 1.74. The van der Waals surface area contributed by atoms with Gasteiger partial charge in [0.25, 0.3) is 0 Å². The van der Waals surface area contributed by atoms with E-state index in [0.717, 1.165) is 13.1 Å². The van der Waals surface area contributed by atoms with E-state index in [2.05, 4.69) is 95.9 Å². The highest BCUT2D eigenvalue weighted by Gasteiger charge is 2.50. The fourth-order valence-electron chi connectivity index (χ4n) is 5.67. The standard InChI is InChI=1S/C26H28N2/c27-25-17-16-20-18-28(19-24(20)25)26(21-10-4-1-5-11-21,22-12-6-2-7-13-22)23-14-8-3-9-15-23/h1-15,20,24-25H,16-19,27H2. The Morgan fingerprint density at radius 1 is 0.643 bits per heavy atom. The van der Waals surface area contributed by atoms with Gasteiger partial charge in [-0.2, -0.15) is 0 Å². The molecular weight excluding hydrogens is 340 g/mol. The van der Waals surface area contributed by atoms with E-state index in [0.29, 0.717) is 17.9 Å². The van der Waals surface area contributed by atoms with E-state index in [9.17, 15) is 0 Å². The van der Waals surface area contributed by atoms with Gasteiger partial charge in [0.05, 0.1) is 5.54 Å². The number of nitrogens with two attached hydrogens (primary N) is 1. The summed E-state index contributed by atoms with van der Waals surface area (Å²) in [7, 11) is 0. The highest BCUT2D eigenvalue weighted by atomic mass is 15.2. The van der Waals surface area contributed by atoms with Crippen LogP contribution in [0.3, 0.4) is 0 Å². The maximum absolute atomic E-state index is 6.51. The minimum Gasteiger partial charge on any atom is -0.327 e. The first kappa shape index (κ1) is 17.7. The molecule has 0 radical (unpaired) electrons. The van der Waals surface area contributed by atoms with Crippen molar-refractivity contribution in [2.45, 2.75) is 24.4 Å². The molecule has 1 aliphatic carbocycles. The van der Waals surface area contributed by atoms with E-state index < -0.39 is 0 Å². The largest absolute Gasteiger partial charge is 0.327 e. The lowest BCUT2D eigenvalue weighted by Crippen LogP contribution is -2.48. The number of hydrogen-bond acceptors (Lipinski definition) is 2. The minimum absolute atomic E-state index is 0.284. The Morgan fingerprint density at radius 3 is 1.54 bits per heavy atom. The minimum atomic E-state index is -0.284. The number of hydrogen-bond donors (Lipinski definition) is 1. The Hall–Kier alpha value is -2.42. The van der Waals surface area contributed by atoms with Crippen molar-refractivity contribution >= 4 is 0 Å². The topological polar surface area (TPSA) is 29.3 Å². The van der Waals surface area contributed by atoms with Gasteiger partial charge in [-0.05, 0) is 41.4 Å². The molecule has 5 rings (SSSR count). The maximum Gasteiger partial charge on any atom is 0.0973 e. The maximum atomic E-state index is 6.51. The molecule has 2 heteroatoms. The molecule has 3 unspecified atom stereocenters. The van der Waals surface area contributed by atoms with Crippen molar-refractivity contribution in [1.82, 2.24) is 4.90 Å². The fourth-order valence-corrected chi connectivity index (χ4v) is 5.67. The van der Waals surface area contributed by atoms with Crippen LogP contribution < -0.4 is 5.73 Å². The molecule has 1 heterocycles. The van der Waals surface area contributed by atoms with Crippen LogP contribution in [0.1, 0.15) is 29.5 Å². The molecule has 1 saturated heterocycles. The summed E-state index contributed by atoms with van der Waals surface area (Å²) >= 11 is 0. The number of nitrogens with zero attached hydrogens (tertiary/aromatic N) is 1. The second kappa shape index (κ2) is 7.20. The van der Waals surface area contributed by atoms with Gasteiger partial charge in [0.1, 0.15) is 0 Å². The molecule has 2 aliphatic rings. The van der Waals surface area contributed by atoms with E-state index in [-0.39, 0.29) is 5.54 Å². The Kier molecular flexibility index (Phi) is 4.54. The van der Waals surface area contributed by atoms with Crippen molar-refractivity contribution < 1.29 is 0 Å². The first-order valence-electron chi connectivity index (χ1n) is 10.5. The molecule has 1 saturated carbocycles. The molecule has 28 heavy (non-hydrogen) atoms. The molecule has 0 spiro atoms. The van der Waals surface area contributed by atoms with Crippen LogP contribution in [0.5, 0.6) is 0 Å². The van der Waals surface area contributed by atoms with Crippen molar-refractivity contribution in [1.29, 1.82) is 0 Å². The summed E-state index contributed by atoms with van der Waals surface area (Å²) in [5.41, 5.74) is 10.2. The molecule has 1 aliphatic heterocycles. The zero-order valence-electron chi connectivity index (χ0n) is 16.2. The van der Waals surface area contributed by atoms with E-state index in [1.54, 1.807) is 0 Å². The lowest BCUT2D eigenvalue weighted by Gasteiger charge is -2.44. The molecule has 142 valence electrons. The Bertz CT molecular complexity index is 810. The second-order valence-corrected chi connectivity index (χ2v) is 8.38. The quantitative estimate of drug-likeness (QED) is 0.679. The molecule has 0 amide bonds. The van der Waals surface area contributed by atoms with Crippen molar-refractivity contribution in [2.75, 3.05) is 13.1 Å². The van der Waals surface area contributed by atoms with Crippen molar-refractivity contribution in [3.63, 3.8) is 0 Å². The van der Waals surface area contributed by atoms with Crippen LogP contribution in [0.15, 0.2) is 91.0 Å². The monoisotopic (exact) mass is 368 g/mol. The van der Waals surface area contributed by atoms with Crippen LogP contribution >= 0.6 is 0 Å². The number of benzene rings is 3. The molecule has 3 atom stereocenters. The summed E-state index contributed by atoms with van der Waals surface area (Å²) in [5.74, 6) is 1.32. The van der Waals surface area contributed by atoms with E-state index >= 15 is 0 Å². The first-order chi connectivity index (χ1) is 13.8. The van der Waals surface area contributed by atoms with Gasteiger partial charge in [0.2, 0.25) is 0 Å². The van der Waals surface area contributed by atoms with Gasteiger partial charge < -0.3 is 5.73 Å². The summed E-state index contributed by atoms with van der Waals surface area (Å²) in [4.78, 5) is 2.71. The fraction of sp³-hybridized carbons (Fsp3) is 0.308. The van der Waals surface area contributed by atoms with Gasteiger partial charge >= 0.3 is 0 Å². The lowest BCUT2D eigenvalue weighted by molar-refractivity contribution is 0.181. The van der Waals surface area contributed by atoms with Crippen molar-refractivity contribution in [2.24, 2.45) is 17.6 Å². The first-order valence-corrected chi connectivity index (χ1v) is 10.5. The van der Waals surface area contributed by atoms with E-state index in [1.807, 2.05) is 0 Å². The highest BCUT2D eigenvalue weighted by Crippen LogP contribution is 2.48. The molecule has 2 fully saturated rings. The molecule has 3 aromatic rings. The zero-order chi connectivity index (χ0) is 19.0. The van der Waals surface area contributed by atoms with Crippen LogP contribution in [0.25, 0.3) is 0 Å². The van der Waals surface area contributed by atoms with Crippen molar-refractivity contribution in [3.8, 4) is 0 Å². The van der Waals surface area contributed by atoms with Crippen LogP contribution in [-0.4, -0.2) is 24.0 Å². The Labute approximate surface area is 168 Å². The lowest BCUT2D eigenvalue weighted by atomic mass is 9.75. The number of fused-ring (bicyclic) bond motifs is 1. The average Bonchev–Trinajstić information content (AvgIpc) is 3.33.